The lowest BCUT2D eigenvalue weighted by Crippen LogP contribution is -2.42. The van der Waals surface area contributed by atoms with Crippen LogP contribution in [0.15, 0.2) is 69.8 Å². The largest absolute Gasteiger partial charge is 0.344 e. The molecule has 34 heavy (non-hydrogen) atoms. The number of aryl methyl sites for hydroxylation is 2. The monoisotopic (exact) mass is 457 g/mol. The summed E-state index contributed by atoms with van der Waals surface area (Å²) in [6.07, 6.45) is 2.09. The second kappa shape index (κ2) is 10.2. The van der Waals surface area contributed by atoms with E-state index in [1.807, 2.05) is 49.1 Å². The van der Waals surface area contributed by atoms with E-state index in [1.165, 1.54) is 0 Å². The smallest absolute Gasteiger partial charge is 0.254 e. The number of benzene rings is 2. The first-order chi connectivity index (χ1) is 16.3. The number of allylic oxidation sites excluding steroid dienone is 1. The fraction of sp³-hybridized carbons (Fsp3) is 0.393. The molecular weight excluding hydrogens is 422 g/mol. The molecule has 4 rings (SSSR count). The number of anilines is 1. The number of hydrogen-bond acceptors (Lipinski definition) is 4. The number of amidine groups is 1. The fourth-order valence-corrected chi connectivity index (χ4v) is 4.59. The van der Waals surface area contributed by atoms with E-state index in [9.17, 15) is 4.79 Å². The first kappa shape index (κ1) is 23.7. The van der Waals surface area contributed by atoms with E-state index >= 15 is 0 Å². The number of amides is 1. The molecule has 178 valence electrons. The summed E-state index contributed by atoms with van der Waals surface area (Å²) in [5.74, 6) is 1.98. The number of aliphatic imine (C=N–C) groups is 2. The highest BCUT2D eigenvalue weighted by atomic mass is 16.2. The standard InChI is InChI=1S/C28H35N5O/c1-18-14-16-33(17-15-18)27(34)25-21(4)29-28(32-26(25)23-12-8-6-10-19(23)2)31-22(5)30-24-13-9-7-11-20(24)3/h6-13,18,26H,14-17H2,1-5H3,(H2,29,30,31,32). The number of carbonyl (C=O) groups is 1. The number of hydrogen-bond donors (Lipinski definition) is 2. The summed E-state index contributed by atoms with van der Waals surface area (Å²) in [5.41, 5.74) is 5.84. The molecule has 2 heterocycles. The van der Waals surface area contributed by atoms with Crippen molar-refractivity contribution in [3.63, 3.8) is 0 Å². The van der Waals surface area contributed by atoms with Gasteiger partial charge in [-0.05, 0) is 69.2 Å². The van der Waals surface area contributed by atoms with Gasteiger partial charge in [-0.15, -0.1) is 0 Å². The van der Waals surface area contributed by atoms with Crippen molar-refractivity contribution in [2.45, 2.75) is 53.5 Å². The number of guanidine groups is 1. The quantitative estimate of drug-likeness (QED) is 0.481. The zero-order chi connectivity index (χ0) is 24.2. The molecule has 2 aliphatic heterocycles. The van der Waals surface area contributed by atoms with E-state index in [4.69, 9.17) is 9.98 Å². The summed E-state index contributed by atoms with van der Waals surface area (Å²) >= 11 is 0. The molecule has 1 atom stereocenters. The summed E-state index contributed by atoms with van der Waals surface area (Å²) < 4.78 is 0. The molecule has 0 saturated carbocycles. The molecule has 0 aromatic heterocycles. The van der Waals surface area contributed by atoms with Gasteiger partial charge < -0.3 is 15.5 Å². The molecule has 2 aromatic rings. The first-order valence-electron chi connectivity index (χ1n) is 12.1. The van der Waals surface area contributed by atoms with Gasteiger partial charge in [0.2, 0.25) is 5.96 Å². The normalized spacial score (nSPS) is 19.6. The van der Waals surface area contributed by atoms with Crippen LogP contribution in [0.5, 0.6) is 0 Å². The highest BCUT2D eigenvalue weighted by molar-refractivity contribution is 6.04. The minimum absolute atomic E-state index is 0.0756. The molecule has 0 aliphatic carbocycles. The van der Waals surface area contributed by atoms with Crippen molar-refractivity contribution in [2.24, 2.45) is 15.9 Å². The van der Waals surface area contributed by atoms with E-state index in [0.717, 1.165) is 59.8 Å². The van der Waals surface area contributed by atoms with Gasteiger partial charge in [0.1, 0.15) is 11.9 Å². The molecule has 2 aromatic carbocycles. The molecule has 1 amide bonds. The Labute approximate surface area is 202 Å². The van der Waals surface area contributed by atoms with Crippen molar-refractivity contribution >= 4 is 23.4 Å². The first-order valence-corrected chi connectivity index (χ1v) is 12.1. The van der Waals surface area contributed by atoms with E-state index in [0.29, 0.717) is 17.5 Å². The van der Waals surface area contributed by atoms with Gasteiger partial charge in [-0.1, -0.05) is 49.4 Å². The van der Waals surface area contributed by atoms with Gasteiger partial charge in [0.25, 0.3) is 5.91 Å². The van der Waals surface area contributed by atoms with Gasteiger partial charge in [0.15, 0.2) is 0 Å². The Morgan fingerprint density at radius 3 is 2.35 bits per heavy atom. The van der Waals surface area contributed by atoms with Crippen LogP contribution in [0.4, 0.5) is 5.69 Å². The van der Waals surface area contributed by atoms with Gasteiger partial charge in [0, 0.05) is 24.5 Å². The number of carbonyl (C=O) groups excluding carboxylic acids is 1. The van der Waals surface area contributed by atoms with Crippen LogP contribution in [0.25, 0.3) is 0 Å². The summed E-state index contributed by atoms with van der Waals surface area (Å²) in [6.45, 7) is 11.9. The summed E-state index contributed by atoms with van der Waals surface area (Å²) in [5, 5.41) is 6.67. The fourth-order valence-electron chi connectivity index (χ4n) is 4.59. The van der Waals surface area contributed by atoms with Gasteiger partial charge in [0.05, 0.1) is 5.57 Å². The highest BCUT2D eigenvalue weighted by Gasteiger charge is 2.33. The Morgan fingerprint density at radius 1 is 1.03 bits per heavy atom. The van der Waals surface area contributed by atoms with Crippen LogP contribution in [0.3, 0.4) is 0 Å². The zero-order valence-electron chi connectivity index (χ0n) is 20.9. The number of piperidine rings is 1. The van der Waals surface area contributed by atoms with E-state index in [2.05, 4.69) is 49.6 Å². The van der Waals surface area contributed by atoms with Gasteiger partial charge in [-0.25, -0.2) is 9.98 Å². The number of likely N-dealkylation sites (tertiary alicyclic amines) is 1. The molecule has 0 spiro atoms. The number of nitrogens with one attached hydrogen (secondary N) is 2. The molecule has 0 bridgehead atoms. The van der Waals surface area contributed by atoms with Gasteiger partial charge in [-0.2, -0.15) is 0 Å². The Bertz CT molecular complexity index is 1150. The van der Waals surface area contributed by atoms with Crippen molar-refractivity contribution < 1.29 is 4.79 Å². The molecule has 2 aliphatic rings. The lowest BCUT2D eigenvalue weighted by molar-refractivity contribution is -0.128. The van der Waals surface area contributed by atoms with Crippen molar-refractivity contribution in [3.05, 3.63) is 76.5 Å². The van der Waals surface area contributed by atoms with E-state index < -0.39 is 0 Å². The maximum absolute atomic E-state index is 13.7. The minimum atomic E-state index is -0.390. The predicted molar refractivity (Wildman–Crippen MR) is 140 cm³/mol. The molecule has 6 heteroatoms. The van der Waals surface area contributed by atoms with Crippen LogP contribution in [0.1, 0.15) is 56.3 Å². The maximum atomic E-state index is 13.7. The van der Waals surface area contributed by atoms with Crippen LogP contribution in [0, 0.1) is 19.8 Å². The molecule has 0 radical (unpaired) electrons. The average molecular weight is 458 g/mol. The number of para-hydroxylation sites is 1. The third-order valence-electron chi connectivity index (χ3n) is 6.75. The van der Waals surface area contributed by atoms with Crippen LogP contribution in [0.2, 0.25) is 0 Å². The van der Waals surface area contributed by atoms with Gasteiger partial charge in [-0.3, -0.25) is 4.79 Å². The Balaban J connectivity index is 1.66. The van der Waals surface area contributed by atoms with Crippen LogP contribution >= 0.6 is 0 Å². The van der Waals surface area contributed by atoms with Crippen molar-refractivity contribution in [2.75, 3.05) is 18.4 Å². The molecule has 6 nitrogen and oxygen atoms in total. The lowest BCUT2D eigenvalue weighted by Gasteiger charge is -2.34. The van der Waals surface area contributed by atoms with Crippen molar-refractivity contribution in [3.8, 4) is 0 Å². The zero-order valence-corrected chi connectivity index (χ0v) is 20.9. The predicted octanol–water partition coefficient (Wildman–Crippen LogP) is 5.37. The third-order valence-corrected chi connectivity index (χ3v) is 6.75. The molecule has 1 fully saturated rings. The molecule has 2 N–H and O–H groups in total. The molecule has 1 saturated heterocycles. The number of nitrogens with zero attached hydrogens (tertiary/aromatic N) is 3. The SMILES string of the molecule is CC1=C(C(=O)N2CCC(C)CC2)C(c2ccccc2C)N=C(/N=C(/C)Nc2ccccc2C)N1. The van der Waals surface area contributed by atoms with Crippen molar-refractivity contribution in [1.82, 2.24) is 10.2 Å². The molecular formula is C28H35N5O. The minimum Gasteiger partial charge on any atom is -0.344 e. The summed E-state index contributed by atoms with van der Waals surface area (Å²) in [7, 11) is 0. The summed E-state index contributed by atoms with van der Waals surface area (Å²) in [6, 6.07) is 15.9. The van der Waals surface area contributed by atoms with Crippen LogP contribution in [-0.2, 0) is 4.79 Å². The van der Waals surface area contributed by atoms with E-state index in [1.54, 1.807) is 0 Å². The van der Waals surface area contributed by atoms with Crippen LogP contribution in [-0.4, -0.2) is 35.7 Å². The van der Waals surface area contributed by atoms with E-state index in [-0.39, 0.29) is 11.9 Å². The third kappa shape index (κ3) is 5.22. The summed E-state index contributed by atoms with van der Waals surface area (Å²) in [4.78, 5) is 25.4. The second-order valence-electron chi connectivity index (χ2n) is 9.49. The van der Waals surface area contributed by atoms with Gasteiger partial charge >= 0.3 is 0 Å². The van der Waals surface area contributed by atoms with Crippen LogP contribution < -0.4 is 10.6 Å². The average Bonchev–Trinajstić information content (AvgIpc) is 2.80. The van der Waals surface area contributed by atoms with Crippen molar-refractivity contribution in [1.29, 1.82) is 0 Å². The Morgan fingerprint density at radius 2 is 1.68 bits per heavy atom. The second-order valence-corrected chi connectivity index (χ2v) is 9.49. The molecule has 1 unspecified atom stereocenters. The maximum Gasteiger partial charge on any atom is 0.254 e. The topological polar surface area (TPSA) is 69.1 Å². The number of rotatable bonds is 3. The lowest BCUT2D eigenvalue weighted by atomic mass is 9.91. The highest BCUT2D eigenvalue weighted by Crippen LogP contribution is 2.34. The Kier molecular flexibility index (Phi) is 7.15. The Hall–Kier alpha value is -3.41.